The summed E-state index contributed by atoms with van der Waals surface area (Å²) >= 11 is 0. The van der Waals surface area contributed by atoms with Crippen molar-refractivity contribution in [3.63, 3.8) is 0 Å². The van der Waals surface area contributed by atoms with Gasteiger partial charge in [0.15, 0.2) is 0 Å². The van der Waals surface area contributed by atoms with Crippen LogP contribution in [0.4, 0.5) is 0 Å². The monoisotopic (exact) mass is 268 g/mol. The van der Waals surface area contributed by atoms with Gasteiger partial charge in [0.25, 0.3) is 0 Å². The number of nitrogens with zero attached hydrogens (tertiary/aromatic N) is 2. The lowest BCUT2D eigenvalue weighted by atomic mass is 9.96. The third-order valence-corrected chi connectivity index (χ3v) is 4.02. The maximum atomic E-state index is 12.2. The van der Waals surface area contributed by atoms with Gasteiger partial charge in [-0.15, -0.1) is 0 Å². The first-order valence-electron chi connectivity index (χ1n) is 6.86. The zero-order chi connectivity index (χ0) is 14.0. The number of hydrogen-bond donors (Lipinski definition) is 1. The van der Waals surface area contributed by atoms with Crippen molar-refractivity contribution >= 4 is 17.8 Å². The molecule has 2 fully saturated rings. The number of carboxylic acid groups (broad SMARTS) is 1. The molecule has 106 valence electrons. The SMILES string of the molecule is CCN1C(=O)CC(N2CCCCC2CC(=O)O)C1=O. The maximum Gasteiger partial charge on any atom is 0.304 e. The van der Waals surface area contributed by atoms with Crippen LogP contribution in [-0.2, 0) is 14.4 Å². The van der Waals surface area contributed by atoms with E-state index in [2.05, 4.69) is 0 Å². The lowest BCUT2D eigenvalue weighted by molar-refractivity contribution is -0.143. The van der Waals surface area contributed by atoms with Gasteiger partial charge >= 0.3 is 5.97 Å². The van der Waals surface area contributed by atoms with Gasteiger partial charge in [-0.3, -0.25) is 24.2 Å². The Morgan fingerprint density at radius 2 is 2.11 bits per heavy atom. The molecule has 2 heterocycles. The number of hydrogen-bond acceptors (Lipinski definition) is 4. The molecule has 0 radical (unpaired) electrons. The largest absolute Gasteiger partial charge is 0.481 e. The van der Waals surface area contributed by atoms with Crippen molar-refractivity contribution in [3.8, 4) is 0 Å². The minimum atomic E-state index is -0.846. The van der Waals surface area contributed by atoms with E-state index in [9.17, 15) is 14.4 Å². The van der Waals surface area contributed by atoms with Crippen molar-refractivity contribution in [2.45, 2.75) is 51.1 Å². The summed E-state index contributed by atoms with van der Waals surface area (Å²) in [6.45, 7) is 2.88. The van der Waals surface area contributed by atoms with Crippen LogP contribution in [0.15, 0.2) is 0 Å². The van der Waals surface area contributed by atoms with Gasteiger partial charge in [0, 0.05) is 12.6 Å². The van der Waals surface area contributed by atoms with Crippen LogP contribution in [-0.4, -0.2) is 57.9 Å². The number of rotatable bonds is 4. The summed E-state index contributed by atoms with van der Waals surface area (Å²) in [4.78, 5) is 38.1. The van der Waals surface area contributed by atoms with Crippen LogP contribution in [0.1, 0.15) is 39.0 Å². The molecule has 0 aromatic rings. The smallest absolute Gasteiger partial charge is 0.304 e. The number of aliphatic carboxylic acids is 1. The topological polar surface area (TPSA) is 77.9 Å². The lowest BCUT2D eigenvalue weighted by Crippen LogP contribution is -2.50. The molecule has 6 heteroatoms. The average Bonchev–Trinajstić information content (AvgIpc) is 2.64. The zero-order valence-corrected chi connectivity index (χ0v) is 11.2. The zero-order valence-electron chi connectivity index (χ0n) is 11.2. The Kier molecular flexibility index (Phi) is 4.19. The van der Waals surface area contributed by atoms with E-state index in [0.717, 1.165) is 19.3 Å². The van der Waals surface area contributed by atoms with Crippen molar-refractivity contribution in [2.24, 2.45) is 0 Å². The molecule has 6 nitrogen and oxygen atoms in total. The second kappa shape index (κ2) is 5.69. The number of carboxylic acids is 1. The fourth-order valence-corrected chi connectivity index (χ4v) is 3.11. The van der Waals surface area contributed by atoms with Crippen LogP contribution >= 0.6 is 0 Å². The summed E-state index contributed by atoms with van der Waals surface area (Å²) in [7, 11) is 0. The van der Waals surface area contributed by atoms with E-state index in [1.54, 1.807) is 6.92 Å². The van der Waals surface area contributed by atoms with Crippen LogP contribution < -0.4 is 0 Å². The molecule has 2 atom stereocenters. The molecule has 19 heavy (non-hydrogen) atoms. The summed E-state index contributed by atoms with van der Waals surface area (Å²) in [6, 6.07) is -0.568. The first-order chi connectivity index (χ1) is 9.04. The Hall–Kier alpha value is -1.43. The Balaban J connectivity index is 2.12. The van der Waals surface area contributed by atoms with Crippen molar-refractivity contribution in [1.29, 1.82) is 0 Å². The van der Waals surface area contributed by atoms with Crippen LogP contribution in [0.3, 0.4) is 0 Å². The van der Waals surface area contributed by atoms with Crippen LogP contribution in [0.2, 0.25) is 0 Å². The summed E-state index contributed by atoms with van der Waals surface area (Å²) < 4.78 is 0. The summed E-state index contributed by atoms with van der Waals surface area (Å²) in [6.07, 6.45) is 2.98. The predicted molar refractivity (Wildman–Crippen MR) is 67.4 cm³/mol. The highest BCUT2D eigenvalue weighted by molar-refractivity contribution is 6.05. The molecular weight excluding hydrogens is 248 g/mol. The molecule has 1 N–H and O–H groups in total. The average molecular weight is 268 g/mol. The Labute approximate surface area is 112 Å². The number of carbonyl (C=O) groups is 3. The van der Waals surface area contributed by atoms with E-state index < -0.39 is 12.0 Å². The Bertz CT molecular complexity index is 396. The van der Waals surface area contributed by atoms with Crippen LogP contribution in [0, 0.1) is 0 Å². The van der Waals surface area contributed by atoms with E-state index in [-0.39, 0.29) is 30.7 Å². The minimum Gasteiger partial charge on any atom is -0.481 e. The van der Waals surface area contributed by atoms with Crippen molar-refractivity contribution < 1.29 is 19.5 Å². The molecule has 0 saturated carbocycles. The van der Waals surface area contributed by atoms with E-state index in [4.69, 9.17) is 5.11 Å². The molecule has 0 aromatic heterocycles. The minimum absolute atomic E-state index is 0.0457. The molecule has 0 bridgehead atoms. The molecule has 0 aliphatic carbocycles. The van der Waals surface area contributed by atoms with Gasteiger partial charge in [-0.05, 0) is 26.3 Å². The van der Waals surface area contributed by atoms with Gasteiger partial charge < -0.3 is 5.11 Å². The van der Waals surface area contributed by atoms with Gasteiger partial charge in [0.2, 0.25) is 11.8 Å². The lowest BCUT2D eigenvalue weighted by Gasteiger charge is -2.37. The summed E-state index contributed by atoms with van der Waals surface area (Å²) in [5.74, 6) is -1.15. The number of amides is 2. The molecule has 2 saturated heterocycles. The quantitative estimate of drug-likeness (QED) is 0.750. The highest BCUT2D eigenvalue weighted by atomic mass is 16.4. The molecule has 0 spiro atoms. The maximum absolute atomic E-state index is 12.2. The summed E-state index contributed by atoms with van der Waals surface area (Å²) in [5, 5.41) is 8.95. The summed E-state index contributed by atoms with van der Waals surface area (Å²) in [5.41, 5.74) is 0. The molecule has 0 aromatic carbocycles. The van der Waals surface area contributed by atoms with E-state index in [1.807, 2.05) is 4.90 Å². The van der Waals surface area contributed by atoms with E-state index in [1.165, 1.54) is 4.90 Å². The van der Waals surface area contributed by atoms with Crippen LogP contribution in [0.25, 0.3) is 0 Å². The Morgan fingerprint density at radius 3 is 2.68 bits per heavy atom. The second-order valence-electron chi connectivity index (χ2n) is 5.18. The molecule has 2 rings (SSSR count). The van der Waals surface area contributed by atoms with Gasteiger partial charge in [-0.1, -0.05) is 6.42 Å². The molecule has 2 aliphatic rings. The van der Waals surface area contributed by atoms with Crippen LogP contribution in [0.5, 0.6) is 0 Å². The molecule has 2 unspecified atom stereocenters. The number of piperidine rings is 1. The van der Waals surface area contributed by atoms with Gasteiger partial charge in [-0.2, -0.15) is 0 Å². The number of likely N-dealkylation sites (N-methyl/N-ethyl adjacent to an activating group) is 1. The van der Waals surface area contributed by atoms with Crippen molar-refractivity contribution in [1.82, 2.24) is 9.80 Å². The third kappa shape index (κ3) is 2.78. The first kappa shape index (κ1) is 14.0. The fourth-order valence-electron chi connectivity index (χ4n) is 3.11. The number of carbonyl (C=O) groups excluding carboxylic acids is 2. The first-order valence-corrected chi connectivity index (χ1v) is 6.86. The number of likely N-dealkylation sites (tertiary alicyclic amines) is 2. The molecular formula is C13H20N2O4. The standard InChI is InChI=1S/C13H20N2O4/c1-2-14-11(16)8-10(13(14)19)15-6-4-3-5-9(15)7-12(17)18/h9-10H,2-8H2,1H3,(H,17,18). The molecule has 2 aliphatic heterocycles. The van der Waals surface area contributed by atoms with E-state index >= 15 is 0 Å². The highest BCUT2D eigenvalue weighted by Gasteiger charge is 2.43. The number of imide groups is 1. The van der Waals surface area contributed by atoms with Crippen molar-refractivity contribution in [3.05, 3.63) is 0 Å². The Morgan fingerprint density at radius 1 is 1.37 bits per heavy atom. The second-order valence-corrected chi connectivity index (χ2v) is 5.18. The molecule has 2 amide bonds. The van der Waals surface area contributed by atoms with Gasteiger partial charge in [0.1, 0.15) is 0 Å². The van der Waals surface area contributed by atoms with Gasteiger partial charge in [-0.25, -0.2) is 0 Å². The van der Waals surface area contributed by atoms with E-state index in [0.29, 0.717) is 13.1 Å². The fraction of sp³-hybridized carbons (Fsp3) is 0.769. The normalized spacial score (nSPS) is 29.0. The van der Waals surface area contributed by atoms with Gasteiger partial charge in [0.05, 0.1) is 18.9 Å². The van der Waals surface area contributed by atoms with Crippen molar-refractivity contribution in [2.75, 3.05) is 13.1 Å². The predicted octanol–water partition coefficient (Wildman–Crippen LogP) is 0.463. The third-order valence-electron chi connectivity index (χ3n) is 4.02. The highest BCUT2D eigenvalue weighted by Crippen LogP contribution is 2.27.